The molecule has 0 bridgehead atoms. The number of nitrogens with one attached hydrogen (secondary N) is 1. The van der Waals surface area contributed by atoms with Crippen LogP contribution in [0.1, 0.15) is 56.6 Å². The van der Waals surface area contributed by atoms with Gasteiger partial charge in [-0.25, -0.2) is 4.79 Å². The number of hydrogen-bond acceptors (Lipinski definition) is 6. The number of carbonyl (C=O) groups is 2. The number of phenolic OH excluding ortho intramolecular Hbond substituents is 1. The quantitative estimate of drug-likeness (QED) is 0.559. The molecule has 34 heavy (non-hydrogen) atoms. The fourth-order valence-electron chi connectivity index (χ4n) is 4.80. The molecule has 1 heterocycles. The molecule has 4 rings (SSSR count). The minimum atomic E-state index is -0.696. The van der Waals surface area contributed by atoms with Gasteiger partial charge in [-0.2, -0.15) is 0 Å². The number of benzene rings is 2. The number of esters is 1. The molecule has 2 N–H and O–H groups in total. The predicted octanol–water partition coefficient (Wildman–Crippen LogP) is 5.37. The topological polar surface area (TPSA) is 84.9 Å². The summed E-state index contributed by atoms with van der Waals surface area (Å²) < 4.78 is 10.8. The first-order chi connectivity index (χ1) is 16.2. The molecule has 0 aromatic heterocycles. The van der Waals surface area contributed by atoms with Gasteiger partial charge in [-0.1, -0.05) is 41.9 Å². The number of carbonyl (C=O) groups excluding carboxylic acids is 2. The highest BCUT2D eigenvalue weighted by Crippen LogP contribution is 2.48. The zero-order valence-corrected chi connectivity index (χ0v) is 20.4. The molecule has 2 atom stereocenters. The van der Waals surface area contributed by atoms with Crippen LogP contribution in [0, 0.1) is 0 Å². The molecular weight excluding hydrogens is 454 g/mol. The molecule has 0 radical (unpaired) electrons. The number of rotatable bonds is 5. The number of allylic oxidation sites excluding steroid dienone is 3. The second kappa shape index (κ2) is 9.55. The Labute approximate surface area is 204 Å². The zero-order valence-electron chi connectivity index (χ0n) is 19.6. The van der Waals surface area contributed by atoms with Gasteiger partial charge in [-0.3, -0.25) is 4.79 Å². The van der Waals surface area contributed by atoms with Crippen molar-refractivity contribution >= 4 is 23.4 Å². The standard InChI is InChI=1S/C27H28ClNO5/c1-14(2)34-27(32)23-15(3)29-20-11-17(16-8-6-5-7-9-16)12-21(30)25(20)24(23)18-10-19(28)26(31)22(13-18)33-4/h5-10,13-14,17,24,29,31H,11-12H2,1-4H3/t17-,24-/m0/s1. The highest BCUT2D eigenvalue weighted by Gasteiger charge is 2.42. The van der Waals surface area contributed by atoms with E-state index in [1.807, 2.05) is 37.3 Å². The lowest BCUT2D eigenvalue weighted by Gasteiger charge is -2.37. The fourth-order valence-corrected chi connectivity index (χ4v) is 5.02. The van der Waals surface area contributed by atoms with Gasteiger partial charge in [0.05, 0.1) is 23.8 Å². The Morgan fingerprint density at radius 3 is 2.50 bits per heavy atom. The second-order valence-corrected chi connectivity index (χ2v) is 9.34. The molecule has 0 unspecified atom stereocenters. The minimum Gasteiger partial charge on any atom is -0.503 e. The Kier molecular flexibility index (Phi) is 6.71. The Bertz CT molecular complexity index is 1200. The van der Waals surface area contributed by atoms with Crippen LogP contribution in [-0.4, -0.2) is 30.1 Å². The molecule has 6 nitrogen and oxygen atoms in total. The van der Waals surface area contributed by atoms with Crippen molar-refractivity contribution in [1.29, 1.82) is 0 Å². The van der Waals surface area contributed by atoms with Crippen LogP contribution in [0.4, 0.5) is 0 Å². The maximum absolute atomic E-state index is 13.6. The molecule has 1 aliphatic heterocycles. The normalized spacial score (nSPS) is 20.2. The summed E-state index contributed by atoms with van der Waals surface area (Å²) in [6.45, 7) is 5.37. The van der Waals surface area contributed by atoms with Gasteiger partial charge < -0.3 is 19.9 Å². The van der Waals surface area contributed by atoms with Crippen molar-refractivity contribution in [3.05, 3.63) is 81.2 Å². The third kappa shape index (κ3) is 4.42. The van der Waals surface area contributed by atoms with Crippen LogP contribution in [0.3, 0.4) is 0 Å². The number of dihydropyridines is 1. The zero-order chi connectivity index (χ0) is 24.6. The van der Waals surface area contributed by atoms with Crippen LogP contribution in [0.25, 0.3) is 0 Å². The van der Waals surface area contributed by atoms with Crippen LogP contribution >= 0.6 is 11.6 Å². The van der Waals surface area contributed by atoms with Gasteiger partial charge in [0, 0.05) is 29.3 Å². The summed E-state index contributed by atoms with van der Waals surface area (Å²) in [7, 11) is 1.42. The molecule has 0 spiro atoms. The van der Waals surface area contributed by atoms with E-state index in [2.05, 4.69) is 5.32 Å². The summed E-state index contributed by atoms with van der Waals surface area (Å²) in [5.41, 5.74) is 3.97. The average Bonchev–Trinajstić information content (AvgIpc) is 2.79. The van der Waals surface area contributed by atoms with Crippen molar-refractivity contribution in [2.75, 3.05) is 7.11 Å². The number of halogens is 1. The maximum atomic E-state index is 13.6. The Morgan fingerprint density at radius 1 is 1.15 bits per heavy atom. The molecule has 1 aliphatic carbocycles. The summed E-state index contributed by atoms with van der Waals surface area (Å²) in [5, 5.41) is 13.7. The molecule has 178 valence electrons. The van der Waals surface area contributed by atoms with E-state index < -0.39 is 11.9 Å². The van der Waals surface area contributed by atoms with Crippen LogP contribution in [0.5, 0.6) is 11.5 Å². The van der Waals surface area contributed by atoms with Gasteiger partial charge in [-0.15, -0.1) is 0 Å². The highest BCUT2D eigenvalue weighted by atomic mass is 35.5. The first kappa shape index (κ1) is 23.9. The summed E-state index contributed by atoms with van der Waals surface area (Å²) in [4.78, 5) is 26.8. The predicted molar refractivity (Wildman–Crippen MR) is 130 cm³/mol. The van der Waals surface area contributed by atoms with Gasteiger partial charge in [0.25, 0.3) is 0 Å². The lowest BCUT2D eigenvalue weighted by Crippen LogP contribution is -2.36. The highest BCUT2D eigenvalue weighted by molar-refractivity contribution is 6.32. The Hall–Kier alpha value is -3.25. The molecule has 0 saturated heterocycles. The van der Waals surface area contributed by atoms with Crippen molar-refractivity contribution in [2.24, 2.45) is 0 Å². The number of aromatic hydroxyl groups is 1. The number of ether oxygens (including phenoxy) is 2. The van der Waals surface area contributed by atoms with Gasteiger partial charge in [0.2, 0.25) is 0 Å². The van der Waals surface area contributed by atoms with E-state index in [1.54, 1.807) is 26.0 Å². The van der Waals surface area contributed by atoms with Crippen LogP contribution in [-0.2, 0) is 14.3 Å². The summed E-state index contributed by atoms with van der Waals surface area (Å²) in [6, 6.07) is 13.1. The van der Waals surface area contributed by atoms with Crippen molar-refractivity contribution in [2.45, 2.75) is 51.6 Å². The van der Waals surface area contributed by atoms with Crippen LogP contribution in [0.15, 0.2) is 65.0 Å². The smallest absolute Gasteiger partial charge is 0.337 e. The number of Topliss-reactive ketones (excluding diaryl/α,β-unsaturated/α-hetero) is 1. The van der Waals surface area contributed by atoms with Gasteiger partial charge in [0.15, 0.2) is 17.3 Å². The van der Waals surface area contributed by atoms with Gasteiger partial charge in [0.1, 0.15) is 0 Å². The van der Waals surface area contributed by atoms with Crippen molar-refractivity contribution in [1.82, 2.24) is 5.32 Å². The molecular formula is C27H28ClNO5. The van der Waals surface area contributed by atoms with Crippen molar-refractivity contribution in [3.8, 4) is 11.5 Å². The molecule has 0 saturated carbocycles. The fraction of sp³-hybridized carbons (Fsp3) is 0.333. The van der Waals surface area contributed by atoms with Crippen molar-refractivity contribution in [3.63, 3.8) is 0 Å². The average molecular weight is 482 g/mol. The van der Waals surface area contributed by atoms with E-state index in [4.69, 9.17) is 21.1 Å². The Balaban J connectivity index is 1.86. The van der Waals surface area contributed by atoms with Gasteiger partial charge in [-0.05, 0) is 56.4 Å². The molecule has 2 aliphatic rings. The van der Waals surface area contributed by atoms with E-state index in [1.165, 1.54) is 7.11 Å². The molecule has 2 aromatic rings. The first-order valence-electron chi connectivity index (χ1n) is 11.3. The first-order valence-corrected chi connectivity index (χ1v) is 11.6. The Morgan fingerprint density at radius 2 is 1.85 bits per heavy atom. The van der Waals surface area contributed by atoms with Crippen LogP contribution < -0.4 is 10.1 Å². The summed E-state index contributed by atoms with van der Waals surface area (Å²) >= 11 is 6.30. The van der Waals surface area contributed by atoms with Crippen molar-refractivity contribution < 1.29 is 24.2 Å². The number of ketones is 1. The SMILES string of the molecule is COc1cc([C@H]2C(C(=O)OC(C)C)=C(C)NC3=C2C(=O)C[C@@H](c2ccccc2)C3)cc(Cl)c1O. The molecule has 2 aromatic carbocycles. The minimum absolute atomic E-state index is 0.0375. The number of phenols is 1. The van der Waals surface area contributed by atoms with E-state index in [-0.39, 0.29) is 34.3 Å². The molecule has 0 amide bonds. The largest absolute Gasteiger partial charge is 0.503 e. The number of methoxy groups -OCH3 is 1. The maximum Gasteiger partial charge on any atom is 0.337 e. The lowest BCUT2D eigenvalue weighted by molar-refractivity contribution is -0.143. The lowest BCUT2D eigenvalue weighted by atomic mass is 9.71. The monoisotopic (exact) mass is 481 g/mol. The summed E-state index contributed by atoms with van der Waals surface area (Å²) in [6.07, 6.45) is 0.635. The van der Waals surface area contributed by atoms with E-state index in [0.29, 0.717) is 35.2 Å². The van der Waals surface area contributed by atoms with E-state index >= 15 is 0 Å². The number of hydrogen-bond donors (Lipinski definition) is 2. The molecule has 7 heteroatoms. The molecule has 0 fully saturated rings. The van der Waals surface area contributed by atoms with Gasteiger partial charge >= 0.3 is 5.97 Å². The second-order valence-electron chi connectivity index (χ2n) is 8.94. The third-order valence-corrected chi connectivity index (χ3v) is 6.55. The van der Waals surface area contributed by atoms with E-state index in [9.17, 15) is 14.7 Å². The summed E-state index contributed by atoms with van der Waals surface area (Å²) in [5.74, 6) is -1.23. The van der Waals surface area contributed by atoms with E-state index in [0.717, 1.165) is 11.3 Å². The van der Waals surface area contributed by atoms with Crippen LogP contribution in [0.2, 0.25) is 5.02 Å². The third-order valence-electron chi connectivity index (χ3n) is 6.27.